The van der Waals surface area contributed by atoms with E-state index in [1.165, 1.54) is 13.1 Å². The summed E-state index contributed by atoms with van der Waals surface area (Å²) < 4.78 is 0. The van der Waals surface area contributed by atoms with E-state index in [9.17, 15) is 14.4 Å². The Morgan fingerprint density at radius 3 is 2.37 bits per heavy atom. The lowest BCUT2D eigenvalue weighted by molar-refractivity contribution is -0.125. The van der Waals surface area contributed by atoms with Crippen LogP contribution in [0.15, 0.2) is 35.9 Å². The molecule has 1 N–H and O–H groups in total. The quantitative estimate of drug-likeness (QED) is 0.386. The third-order valence-corrected chi connectivity index (χ3v) is 2.52. The van der Waals surface area contributed by atoms with Crippen LogP contribution in [0.3, 0.4) is 0 Å². The highest BCUT2D eigenvalue weighted by Gasteiger charge is 2.21. The van der Waals surface area contributed by atoms with Gasteiger partial charge in [-0.3, -0.25) is 14.5 Å². The largest absolute Gasteiger partial charge is 0.341 e. The Bertz CT molecular complexity index is 495. The normalized spacial score (nSPS) is 10.7. The van der Waals surface area contributed by atoms with Crippen molar-refractivity contribution in [1.29, 1.82) is 0 Å². The van der Waals surface area contributed by atoms with Gasteiger partial charge in [-0.2, -0.15) is 0 Å². The van der Waals surface area contributed by atoms with E-state index in [4.69, 9.17) is 0 Å². The minimum atomic E-state index is -0.610. The van der Waals surface area contributed by atoms with Crippen molar-refractivity contribution in [3.63, 3.8) is 0 Å². The standard InChI is InChI=1S/C14H16N2O3/c1-3-16(14(19)15-2)13(18)12(10-17)9-11-7-5-4-6-8-11/h4-10H,3H2,1-2H3,(H,15,19). The van der Waals surface area contributed by atoms with Crippen molar-refractivity contribution < 1.29 is 14.4 Å². The number of nitrogens with zero attached hydrogens (tertiary/aromatic N) is 1. The smallest absolute Gasteiger partial charge is 0.324 e. The molecule has 0 saturated heterocycles. The van der Waals surface area contributed by atoms with Crippen LogP contribution in [0.2, 0.25) is 0 Å². The lowest BCUT2D eigenvalue weighted by atomic mass is 10.1. The number of imide groups is 1. The van der Waals surface area contributed by atoms with E-state index >= 15 is 0 Å². The van der Waals surface area contributed by atoms with E-state index in [1.54, 1.807) is 31.2 Å². The molecule has 5 nitrogen and oxygen atoms in total. The topological polar surface area (TPSA) is 66.5 Å². The van der Waals surface area contributed by atoms with E-state index in [0.717, 1.165) is 10.5 Å². The summed E-state index contributed by atoms with van der Waals surface area (Å²) in [5.41, 5.74) is 0.669. The Morgan fingerprint density at radius 1 is 1.26 bits per heavy atom. The third-order valence-electron chi connectivity index (χ3n) is 2.52. The number of urea groups is 1. The zero-order valence-electron chi connectivity index (χ0n) is 10.9. The van der Waals surface area contributed by atoms with Crippen LogP contribution < -0.4 is 5.32 Å². The van der Waals surface area contributed by atoms with Crippen LogP contribution in [0.5, 0.6) is 0 Å². The predicted molar refractivity (Wildman–Crippen MR) is 72.3 cm³/mol. The minimum Gasteiger partial charge on any atom is -0.341 e. The number of likely N-dealkylation sites (N-methyl/N-ethyl adjacent to an activating group) is 1. The third kappa shape index (κ3) is 3.77. The summed E-state index contributed by atoms with van der Waals surface area (Å²) in [7, 11) is 1.43. The van der Waals surface area contributed by atoms with E-state index in [2.05, 4.69) is 5.32 Å². The Balaban J connectivity index is 3.03. The van der Waals surface area contributed by atoms with Gasteiger partial charge in [0.05, 0.1) is 5.57 Å². The van der Waals surface area contributed by atoms with Gasteiger partial charge in [-0.25, -0.2) is 4.79 Å². The van der Waals surface area contributed by atoms with Crippen LogP contribution in [-0.2, 0) is 9.59 Å². The van der Waals surface area contributed by atoms with Gasteiger partial charge in [0, 0.05) is 13.6 Å². The number of carbonyl (C=O) groups is 3. The number of hydrogen-bond acceptors (Lipinski definition) is 3. The van der Waals surface area contributed by atoms with Gasteiger partial charge in [0.2, 0.25) is 0 Å². The maximum Gasteiger partial charge on any atom is 0.324 e. The van der Waals surface area contributed by atoms with Gasteiger partial charge in [-0.05, 0) is 18.6 Å². The zero-order valence-corrected chi connectivity index (χ0v) is 10.9. The van der Waals surface area contributed by atoms with Gasteiger partial charge in [0.15, 0.2) is 6.29 Å². The summed E-state index contributed by atoms with van der Waals surface area (Å²) >= 11 is 0. The highest BCUT2D eigenvalue weighted by molar-refractivity contribution is 6.18. The van der Waals surface area contributed by atoms with Crippen LogP contribution in [-0.4, -0.2) is 36.7 Å². The summed E-state index contributed by atoms with van der Waals surface area (Å²) in [4.78, 5) is 35.6. The first-order valence-electron chi connectivity index (χ1n) is 5.89. The Labute approximate surface area is 111 Å². The fourth-order valence-electron chi connectivity index (χ4n) is 1.55. The second kappa shape index (κ2) is 7.10. The summed E-state index contributed by atoms with van der Waals surface area (Å²) in [6, 6.07) is 8.44. The highest BCUT2D eigenvalue weighted by atomic mass is 16.2. The van der Waals surface area contributed by atoms with E-state index in [0.29, 0.717) is 6.29 Å². The average Bonchev–Trinajstić information content (AvgIpc) is 2.46. The SMILES string of the molecule is CCN(C(=O)NC)C(=O)C(C=O)=Cc1ccccc1. The van der Waals surface area contributed by atoms with E-state index in [1.807, 2.05) is 6.07 Å². The van der Waals surface area contributed by atoms with Crippen LogP contribution in [0.4, 0.5) is 4.79 Å². The molecule has 19 heavy (non-hydrogen) atoms. The molecule has 0 fully saturated rings. The molecule has 0 aliphatic heterocycles. The molecule has 0 bridgehead atoms. The summed E-state index contributed by atoms with van der Waals surface area (Å²) in [5, 5.41) is 2.36. The lowest BCUT2D eigenvalue weighted by Gasteiger charge is -2.18. The molecule has 0 spiro atoms. The summed E-state index contributed by atoms with van der Waals surface area (Å²) in [6.07, 6.45) is 1.92. The Hall–Kier alpha value is -2.43. The fraction of sp³-hybridized carbons (Fsp3) is 0.214. The van der Waals surface area contributed by atoms with Crippen molar-refractivity contribution in [3.8, 4) is 0 Å². The van der Waals surface area contributed by atoms with Crippen molar-refractivity contribution in [1.82, 2.24) is 10.2 Å². The van der Waals surface area contributed by atoms with Crippen LogP contribution in [0, 0.1) is 0 Å². The number of nitrogens with one attached hydrogen (secondary N) is 1. The second-order valence-electron chi connectivity index (χ2n) is 3.73. The second-order valence-corrected chi connectivity index (χ2v) is 3.73. The average molecular weight is 260 g/mol. The zero-order chi connectivity index (χ0) is 14.3. The highest BCUT2D eigenvalue weighted by Crippen LogP contribution is 2.08. The first kappa shape index (κ1) is 14.6. The lowest BCUT2D eigenvalue weighted by Crippen LogP contribution is -2.43. The van der Waals surface area contributed by atoms with Crippen LogP contribution >= 0.6 is 0 Å². The van der Waals surface area contributed by atoms with Gasteiger partial charge < -0.3 is 5.32 Å². The number of amides is 3. The van der Waals surface area contributed by atoms with Crippen molar-refractivity contribution >= 4 is 24.3 Å². The first-order chi connectivity index (χ1) is 9.13. The Kier molecular flexibility index (Phi) is 5.47. The molecule has 0 heterocycles. The van der Waals surface area contributed by atoms with Gasteiger partial charge in [-0.15, -0.1) is 0 Å². The first-order valence-corrected chi connectivity index (χ1v) is 5.89. The van der Waals surface area contributed by atoms with Crippen molar-refractivity contribution in [2.75, 3.05) is 13.6 Å². The number of carbonyl (C=O) groups excluding carboxylic acids is 3. The van der Waals surface area contributed by atoms with Gasteiger partial charge in [0.25, 0.3) is 5.91 Å². The molecule has 0 radical (unpaired) electrons. The molecule has 0 atom stereocenters. The van der Waals surface area contributed by atoms with Crippen molar-refractivity contribution in [2.24, 2.45) is 0 Å². The van der Waals surface area contributed by atoms with E-state index in [-0.39, 0.29) is 12.1 Å². The fourth-order valence-corrected chi connectivity index (χ4v) is 1.55. The molecular weight excluding hydrogens is 244 g/mol. The maximum absolute atomic E-state index is 12.1. The molecular formula is C14H16N2O3. The molecule has 0 saturated carbocycles. The van der Waals surface area contributed by atoms with E-state index < -0.39 is 11.9 Å². The van der Waals surface area contributed by atoms with Crippen LogP contribution in [0.25, 0.3) is 6.08 Å². The monoisotopic (exact) mass is 260 g/mol. The molecule has 1 aromatic rings. The Morgan fingerprint density at radius 2 is 1.89 bits per heavy atom. The van der Waals surface area contributed by atoms with Crippen LogP contribution in [0.1, 0.15) is 12.5 Å². The van der Waals surface area contributed by atoms with Crippen molar-refractivity contribution in [3.05, 3.63) is 41.5 Å². The number of benzene rings is 1. The predicted octanol–water partition coefficient (Wildman–Crippen LogP) is 1.46. The maximum atomic E-state index is 12.1. The minimum absolute atomic E-state index is 0.0587. The van der Waals surface area contributed by atoms with Gasteiger partial charge >= 0.3 is 6.03 Å². The molecule has 100 valence electrons. The molecule has 1 aromatic carbocycles. The van der Waals surface area contributed by atoms with Crippen molar-refractivity contribution in [2.45, 2.75) is 6.92 Å². The molecule has 0 aliphatic rings. The number of aldehydes is 1. The molecule has 0 unspecified atom stereocenters. The summed E-state index contributed by atoms with van der Waals surface area (Å²) in [6.45, 7) is 1.86. The number of rotatable bonds is 4. The molecule has 5 heteroatoms. The summed E-state index contributed by atoms with van der Waals surface area (Å²) in [5.74, 6) is -0.610. The molecule has 3 amide bonds. The van der Waals surface area contributed by atoms with Gasteiger partial charge in [0.1, 0.15) is 0 Å². The number of hydrogen-bond donors (Lipinski definition) is 1. The van der Waals surface area contributed by atoms with Gasteiger partial charge in [-0.1, -0.05) is 30.3 Å². The molecule has 0 aromatic heterocycles. The molecule has 0 aliphatic carbocycles. The molecule has 1 rings (SSSR count).